The first kappa shape index (κ1) is 12.4. The Bertz CT molecular complexity index is 437. The SMILES string of the molecule is COc1ccc(N2CC(CN)CC2=O)c(Br)c1. The molecule has 1 aliphatic heterocycles. The molecule has 1 aromatic carbocycles. The van der Waals surface area contributed by atoms with Gasteiger partial charge in [0.25, 0.3) is 0 Å². The van der Waals surface area contributed by atoms with Crippen molar-refractivity contribution in [2.45, 2.75) is 6.42 Å². The van der Waals surface area contributed by atoms with Crippen molar-refractivity contribution in [2.24, 2.45) is 11.7 Å². The molecule has 2 N–H and O–H groups in total. The molecule has 2 rings (SSSR count). The molecule has 0 aromatic heterocycles. The summed E-state index contributed by atoms with van der Waals surface area (Å²) in [5.74, 6) is 1.16. The molecule has 1 atom stereocenters. The summed E-state index contributed by atoms with van der Waals surface area (Å²) in [6.07, 6.45) is 0.537. The molecule has 0 spiro atoms. The zero-order valence-corrected chi connectivity index (χ0v) is 11.2. The first-order valence-corrected chi connectivity index (χ1v) is 6.29. The van der Waals surface area contributed by atoms with E-state index in [9.17, 15) is 4.79 Å². The second-order valence-electron chi connectivity index (χ2n) is 4.13. The van der Waals surface area contributed by atoms with Crippen LogP contribution in [0.5, 0.6) is 5.75 Å². The third kappa shape index (κ3) is 2.45. The van der Waals surface area contributed by atoms with E-state index in [2.05, 4.69) is 15.9 Å². The van der Waals surface area contributed by atoms with Crippen LogP contribution in [0.4, 0.5) is 5.69 Å². The molecule has 1 aliphatic rings. The van der Waals surface area contributed by atoms with Crippen LogP contribution >= 0.6 is 15.9 Å². The zero-order valence-electron chi connectivity index (χ0n) is 9.65. The van der Waals surface area contributed by atoms with E-state index in [1.54, 1.807) is 12.0 Å². The molecule has 0 radical (unpaired) electrons. The molecule has 4 nitrogen and oxygen atoms in total. The van der Waals surface area contributed by atoms with Crippen molar-refractivity contribution in [3.8, 4) is 5.75 Å². The van der Waals surface area contributed by atoms with Gasteiger partial charge in [0, 0.05) is 17.4 Å². The van der Waals surface area contributed by atoms with E-state index in [4.69, 9.17) is 10.5 Å². The molecule has 1 unspecified atom stereocenters. The maximum atomic E-state index is 11.9. The quantitative estimate of drug-likeness (QED) is 0.925. The minimum atomic E-state index is 0.131. The Morgan fingerprint density at radius 2 is 2.35 bits per heavy atom. The Hall–Kier alpha value is -1.07. The van der Waals surface area contributed by atoms with Gasteiger partial charge in [0.05, 0.1) is 12.8 Å². The molecule has 0 bridgehead atoms. The second-order valence-corrected chi connectivity index (χ2v) is 4.98. The van der Waals surface area contributed by atoms with Crippen LogP contribution in [-0.2, 0) is 4.79 Å². The van der Waals surface area contributed by atoms with E-state index in [-0.39, 0.29) is 11.8 Å². The van der Waals surface area contributed by atoms with Crippen molar-refractivity contribution in [3.63, 3.8) is 0 Å². The number of methoxy groups -OCH3 is 1. The molecule has 1 amide bonds. The maximum absolute atomic E-state index is 11.9. The number of hydrogen-bond acceptors (Lipinski definition) is 3. The average molecular weight is 299 g/mol. The standard InChI is InChI=1S/C12H15BrN2O2/c1-17-9-2-3-11(10(13)5-9)15-7-8(6-14)4-12(15)16/h2-3,5,8H,4,6-7,14H2,1H3. The summed E-state index contributed by atoms with van der Waals surface area (Å²) in [6.45, 7) is 1.25. The number of carbonyl (C=O) groups is 1. The lowest BCUT2D eigenvalue weighted by molar-refractivity contribution is -0.117. The summed E-state index contributed by atoms with van der Waals surface area (Å²) < 4.78 is 5.99. The number of amides is 1. The molecule has 17 heavy (non-hydrogen) atoms. The highest BCUT2D eigenvalue weighted by atomic mass is 79.9. The van der Waals surface area contributed by atoms with Crippen molar-refractivity contribution in [1.29, 1.82) is 0 Å². The van der Waals surface area contributed by atoms with Crippen molar-refractivity contribution in [3.05, 3.63) is 22.7 Å². The molecular weight excluding hydrogens is 284 g/mol. The van der Waals surface area contributed by atoms with Gasteiger partial charge in [-0.25, -0.2) is 0 Å². The van der Waals surface area contributed by atoms with Gasteiger partial charge in [0.2, 0.25) is 5.91 Å². The normalized spacial score (nSPS) is 19.8. The van der Waals surface area contributed by atoms with Crippen LogP contribution in [0.15, 0.2) is 22.7 Å². The van der Waals surface area contributed by atoms with E-state index >= 15 is 0 Å². The molecule has 1 fully saturated rings. The Labute approximate surface area is 109 Å². The lowest BCUT2D eigenvalue weighted by Gasteiger charge is -2.18. The van der Waals surface area contributed by atoms with Gasteiger partial charge < -0.3 is 15.4 Å². The van der Waals surface area contributed by atoms with Gasteiger partial charge in [-0.2, -0.15) is 0 Å². The highest BCUT2D eigenvalue weighted by Gasteiger charge is 2.30. The Balaban J connectivity index is 2.26. The van der Waals surface area contributed by atoms with E-state index in [0.29, 0.717) is 19.5 Å². The summed E-state index contributed by atoms with van der Waals surface area (Å²) in [7, 11) is 1.62. The van der Waals surface area contributed by atoms with Crippen molar-refractivity contribution in [1.82, 2.24) is 0 Å². The Kier molecular flexibility index (Phi) is 3.69. The van der Waals surface area contributed by atoms with Gasteiger partial charge in [-0.15, -0.1) is 0 Å². The summed E-state index contributed by atoms with van der Waals surface area (Å²) in [5.41, 5.74) is 6.49. The van der Waals surface area contributed by atoms with E-state index < -0.39 is 0 Å². The lowest BCUT2D eigenvalue weighted by atomic mass is 10.1. The van der Waals surface area contributed by atoms with Crippen LogP contribution in [0.3, 0.4) is 0 Å². The number of rotatable bonds is 3. The molecule has 0 saturated carbocycles. The number of benzene rings is 1. The minimum absolute atomic E-state index is 0.131. The highest BCUT2D eigenvalue weighted by Crippen LogP contribution is 2.33. The average Bonchev–Trinajstić information content (AvgIpc) is 2.70. The minimum Gasteiger partial charge on any atom is -0.497 e. The van der Waals surface area contributed by atoms with Crippen LogP contribution in [0, 0.1) is 5.92 Å². The predicted octanol–water partition coefficient (Wildman–Crippen LogP) is 1.77. The zero-order chi connectivity index (χ0) is 12.4. The molecule has 92 valence electrons. The molecule has 1 aromatic rings. The Morgan fingerprint density at radius 3 is 2.88 bits per heavy atom. The van der Waals surface area contributed by atoms with Gasteiger partial charge in [0.1, 0.15) is 5.75 Å². The third-order valence-corrected chi connectivity index (χ3v) is 3.62. The van der Waals surface area contributed by atoms with Crippen LogP contribution in [0.2, 0.25) is 0 Å². The molecular formula is C12H15BrN2O2. The maximum Gasteiger partial charge on any atom is 0.227 e. The largest absolute Gasteiger partial charge is 0.497 e. The van der Waals surface area contributed by atoms with E-state index in [1.165, 1.54) is 0 Å². The van der Waals surface area contributed by atoms with Gasteiger partial charge in [0.15, 0.2) is 0 Å². The first-order valence-electron chi connectivity index (χ1n) is 5.49. The number of ether oxygens (including phenoxy) is 1. The fourth-order valence-electron chi connectivity index (χ4n) is 2.01. The molecule has 1 heterocycles. The summed E-state index contributed by atoms with van der Waals surface area (Å²) >= 11 is 3.46. The van der Waals surface area contributed by atoms with E-state index in [0.717, 1.165) is 15.9 Å². The molecule has 1 saturated heterocycles. The van der Waals surface area contributed by atoms with Gasteiger partial charge in [-0.05, 0) is 46.6 Å². The predicted molar refractivity (Wildman–Crippen MR) is 70.2 cm³/mol. The van der Waals surface area contributed by atoms with Crippen LogP contribution in [0.1, 0.15) is 6.42 Å². The number of halogens is 1. The first-order chi connectivity index (χ1) is 8.15. The number of nitrogens with zero attached hydrogens (tertiary/aromatic N) is 1. The van der Waals surface area contributed by atoms with Crippen molar-refractivity contribution >= 4 is 27.5 Å². The van der Waals surface area contributed by atoms with Gasteiger partial charge in [-0.1, -0.05) is 0 Å². The Morgan fingerprint density at radius 1 is 1.59 bits per heavy atom. The monoisotopic (exact) mass is 298 g/mol. The van der Waals surface area contributed by atoms with Crippen molar-refractivity contribution < 1.29 is 9.53 Å². The summed E-state index contributed by atoms with van der Waals surface area (Å²) in [6, 6.07) is 5.60. The molecule has 5 heteroatoms. The van der Waals surface area contributed by atoms with Crippen molar-refractivity contribution in [2.75, 3.05) is 25.1 Å². The highest BCUT2D eigenvalue weighted by molar-refractivity contribution is 9.10. The number of hydrogen-bond donors (Lipinski definition) is 1. The number of anilines is 1. The number of nitrogens with two attached hydrogens (primary N) is 1. The topological polar surface area (TPSA) is 55.6 Å². The van der Waals surface area contributed by atoms with Gasteiger partial charge in [-0.3, -0.25) is 4.79 Å². The number of carbonyl (C=O) groups excluding carboxylic acids is 1. The summed E-state index contributed by atoms with van der Waals surface area (Å²) in [5, 5.41) is 0. The second kappa shape index (κ2) is 5.06. The lowest BCUT2D eigenvalue weighted by Crippen LogP contribution is -2.26. The molecule has 0 aliphatic carbocycles. The summed E-state index contributed by atoms with van der Waals surface area (Å²) in [4.78, 5) is 13.6. The van der Waals surface area contributed by atoms with Crippen LogP contribution in [0.25, 0.3) is 0 Å². The smallest absolute Gasteiger partial charge is 0.227 e. The third-order valence-electron chi connectivity index (χ3n) is 2.98. The van der Waals surface area contributed by atoms with Crippen LogP contribution < -0.4 is 15.4 Å². The fourth-order valence-corrected chi connectivity index (χ4v) is 2.58. The van der Waals surface area contributed by atoms with Crippen LogP contribution in [-0.4, -0.2) is 26.1 Å². The van der Waals surface area contributed by atoms with Gasteiger partial charge >= 0.3 is 0 Å². The van der Waals surface area contributed by atoms with E-state index in [1.807, 2.05) is 18.2 Å². The fraction of sp³-hybridized carbons (Fsp3) is 0.417.